The van der Waals surface area contributed by atoms with Crippen LogP contribution in [0.1, 0.15) is 11.6 Å². The third-order valence-corrected chi connectivity index (χ3v) is 4.80. The zero-order chi connectivity index (χ0) is 16.1. The van der Waals surface area contributed by atoms with Crippen molar-refractivity contribution in [3.05, 3.63) is 34.9 Å². The van der Waals surface area contributed by atoms with Gasteiger partial charge in [-0.2, -0.15) is 0 Å². The second-order valence-corrected chi connectivity index (χ2v) is 6.79. The van der Waals surface area contributed by atoms with Crippen LogP contribution < -0.4 is 5.32 Å². The summed E-state index contributed by atoms with van der Waals surface area (Å²) in [5.74, 6) is 0.612. The molecule has 0 spiro atoms. The fourth-order valence-corrected chi connectivity index (χ4v) is 3.41. The number of rotatable bonds is 6. The van der Waals surface area contributed by atoms with Crippen LogP contribution in [0.4, 0.5) is 4.79 Å². The first-order valence-corrected chi connectivity index (χ1v) is 8.44. The van der Waals surface area contributed by atoms with Crippen molar-refractivity contribution in [1.29, 1.82) is 0 Å². The van der Waals surface area contributed by atoms with Gasteiger partial charge in [0.15, 0.2) is 0 Å². The Bertz CT molecular complexity index is 553. The summed E-state index contributed by atoms with van der Waals surface area (Å²) in [5.41, 5.74) is 0.974. The van der Waals surface area contributed by atoms with E-state index in [1.165, 1.54) is 11.8 Å². The van der Waals surface area contributed by atoms with Crippen LogP contribution in [0.5, 0.6) is 0 Å². The van der Waals surface area contributed by atoms with Crippen molar-refractivity contribution in [2.45, 2.75) is 6.04 Å². The van der Waals surface area contributed by atoms with Crippen molar-refractivity contribution in [2.75, 3.05) is 39.5 Å². The van der Waals surface area contributed by atoms with Crippen LogP contribution in [0.3, 0.4) is 0 Å². The molecule has 2 rings (SSSR count). The third kappa shape index (κ3) is 4.38. The Morgan fingerprint density at radius 3 is 2.77 bits per heavy atom. The van der Waals surface area contributed by atoms with Gasteiger partial charge in [-0.1, -0.05) is 41.6 Å². The lowest BCUT2D eigenvalue weighted by atomic mass is 10.1. The molecule has 0 radical (unpaired) electrons. The van der Waals surface area contributed by atoms with Crippen LogP contribution in [-0.2, 0) is 4.79 Å². The molecule has 1 unspecified atom stereocenters. The summed E-state index contributed by atoms with van der Waals surface area (Å²) in [4.78, 5) is 27.1. The maximum absolute atomic E-state index is 12.0. The Kier molecular flexibility index (Phi) is 6.11. The Balaban J connectivity index is 1.93. The van der Waals surface area contributed by atoms with Crippen molar-refractivity contribution < 1.29 is 9.59 Å². The molecule has 1 heterocycles. The molecular weight excluding hydrogens is 322 g/mol. The van der Waals surface area contributed by atoms with Crippen molar-refractivity contribution >= 4 is 34.5 Å². The number of hydrogen-bond acceptors (Lipinski definition) is 4. The summed E-state index contributed by atoms with van der Waals surface area (Å²) < 4.78 is 0. The molecule has 7 heteroatoms. The smallest absolute Gasteiger partial charge is 0.282 e. The van der Waals surface area contributed by atoms with Gasteiger partial charge in [-0.25, -0.2) is 0 Å². The average Bonchev–Trinajstić information content (AvgIpc) is 2.86. The molecule has 1 fully saturated rings. The van der Waals surface area contributed by atoms with E-state index in [4.69, 9.17) is 11.6 Å². The Morgan fingerprint density at radius 1 is 1.45 bits per heavy atom. The zero-order valence-electron chi connectivity index (χ0n) is 12.7. The highest BCUT2D eigenvalue weighted by Gasteiger charge is 2.24. The summed E-state index contributed by atoms with van der Waals surface area (Å²) in [6.45, 7) is 1.21. The van der Waals surface area contributed by atoms with Gasteiger partial charge in [0.05, 0.1) is 6.04 Å². The third-order valence-electron chi connectivity index (χ3n) is 3.56. The lowest BCUT2D eigenvalue weighted by Gasteiger charge is -2.26. The van der Waals surface area contributed by atoms with Gasteiger partial charge in [0.1, 0.15) is 6.54 Å². The van der Waals surface area contributed by atoms with Gasteiger partial charge < -0.3 is 15.1 Å². The van der Waals surface area contributed by atoms with Crippen LogP contribution in [0, 0.1) is 0 Å². The number of amides is 2. The minimum atomic E-state index is -0.144. The number of nitrogens with zero attached hydrogens (tertiary/aromatic N) is 2. The summed E-state index contributed by atoms with van der Waals surface area (Å²) in [6, 6.07) is 7.60. The van der Waals surface area contributed by atoms with E-state index in [-0.39, 0.29) is 23.7 Å². The Morgan fingerprint density at radius 2 is 2.18 bits per heavy atom. The van der Waals surface area contributed by atoms with E-state index < -0.39 is 0 Å². The fraction of sp³-hybridized carbons (Fsp3) is 0.467. The van der Waals surface area contributed by atoms with Gasteiger partial charge in [0.25, 0.3) is 5.24 Å². The Labute approximate surface area is 140 Å². The maximum atomic E-state index is 12.0. The lowest BCUT2D eigenvalue weighted by molar-refractivity contribution is -0.121. The molecule has 1 N–H and O–H groups in total. The number of nitrogens with one attached hydrogen (secondary N) is 1. The van der Waals surface area contributed by atoms with E-state index in [1.807, 2.05) is 43.3 Å². The molecule has 1 aliphatic rings. The van der Waals surface area contributed by atoms with Gasteiger partial charge in [-0.05, 0) is 25.7 Å². The topological polar surface area (TPSA) is 52.7 Å². The van der Waals surface area contributed by atoms with E-state index in [1.54, 1.807) is 4.90 Å². The first-order valence-electron chi connectivity index (χ1n) is 7.08. The molecule has 1 aromatic rings. The number of thioether (sulfide) groups is 1. The molecule has 2 amide bonds. The molecule has 1 aliphatic heterocycles. The minimum Gasteiger partial charge on any atom is -0.353 e. The highest BCUT2D eigenvalue weighted by molar-refractivity contribution is 8.13. The molecule has 22 heavy (non-hydrogen) atoms. The zero-order valence-corrected chi connectivity index (χ0v) is 14.3. The molecule has 0 aliphatic carbocycles. The standard InChI is InChI=1S/C15H20ClN3O2S/c1-18(2)13(11-5-3-4-6-12(11)16)9-17-14(20)10-19-7-8-22-15(19)21/h3-6,13H,7-10H2,1-2H3,(H,17,20). The number of halogens is 1. The van der Waals surface area contributed by atoms with Gasteiger partial charge in [0.2, 0.25) is 5.91 Å². The molecule has 0 saturated carbocycles. The van der Waals surface area contributed by atoms with Gasteiger partial charge in [0, 0.05) is 23.9 Å². The van der Waals surface area contributed by atoms with Crippen LogP contribution in [0.2, 0.25) is 5.02 Å². The van der Waals surface area contributed by atoms with E-state index in [2.05, 4.69) is 5.32 Å². The quantitative estimate of drug-likeness (QED) is 0.862. The van der Waals surface area contributed by atoms with E-state index in [9.17, 15) is 9.59 Å². The molecule has 120 valence electrons. The number of hydrogen-bond donors (Lipinski definition) is 1. The van der Waals surface area contributed by atoms with Crippen molar-refractivity contribution in [3.8, 4) is 0 Å². The molecule has 5 nitrogen and oxygen atoms in total. The molecule has 1 aromatic carbocycles. The van der Waals surface area contributed by atoms with Crippen LogP contribution in [-0.4, -0.2) is 60.4 Å². The molecular formula is C15H20ClN3O2S. The number of likely N-dealkylation sites (N-methyl/N-ethyl adjacent to an activating group) is 1. The summed E-state index contributed by atoms with van der Waals surface area (Å²) >= 11 is 7.50. The van der Waals surface area contributed by atoms with E-state index >= 15 is 0 Å². The van der Waals surface area contributed by atoms with Crippen LogP contribution >= 0.6 is 23.4 Å². The van der Waals surface area contributed by atoms with Gasteiger partial charge >= 0.3 is 0 Å². The fourth-order valence-electron chi connectivity index (χ4n) is 2.33. The first-order chi connectivity index (χ1) is 10.5. The van der Waals surface area contributed by atoms with Gasteiger partial charge in [-0.3, -0.25) is 9.59 Å². The average molecular weight is 342 g/mol. The second kappa shape index (κ2) is 7.85. The number of benzene rings is 1. The van der Waals surface area contributed by atoms with E-state index in [0.717, 1.165) is 11.3 Å². The minimum absolute atomic E-state index is 0.0127. The molecule has 1 saturated heterocycles. The summed E-state index contributed by atoms with van der Waals surface area (Å²) in [5, 5.41) is 3.55. The van der Waals surface area contributed by atoms with E-state index in [0.29, 0.717) is 18.1 Å². The predicted octanol–water partition coefficient (Wildman–Crippen LogP) is 2.23. The maximum Gasteiger partial charge on any atom is 0.282 e. The van der Waals surface area contributed by atoms with Gasteiger partial charge in [-0.15, -0.1) is 0 Å². The molecule has 1 atom stereocenters. The summed E-state index contributed by atoms with van der Waals surface area (Å²) in [7, 11) is 3.89. The van der Waals surface area contributed by atoms with Crippen molar-refractivity contribution in [3.63, 3.8) is 0 Å². The first kappa shape index (κ1) is 17.1. The Hall–Kier alpha value is -1.24. The normalized spacial score (nSPS) is 16.2. The van der Waals surface area contributed by atoms with Crippen molar-refractivity contribution in [2.24, 2.45) is 0 Å². The number of carbonyl (C=O) groups excluding carboxylic acids is 2. The highest BCUT2D eigenvalue weighted by Crippen LogP contribution is 2.25. The highest BCUT2D eigenvalue weighted by atomic mass is 35.5. The molecule has 0 bridgehead atoms. The van der Waals surface area contributed by atoms with Crippen LogP contribution in [0.15, 0.2) is 24.3 Å². The predicted molar refractivity (Wildman–Crippen MR) is 90.3 cm³/mol. The monoisotopic (exact) mass is 341 g/mol. The van der Waals surface area contributed by atoms with Crippen molar-refractivity contribution in [1.82, 2.24) is 15.1 Å². The van der Waals surface area contributed by atoms with Crippen LogP contribution in [0.25, 0.3) is 0 Å². The number of carbonyl (C=O) groups is 2. The summed E-state index contributed by atoms with van der Waals surface area (Å²) in [6.07, 6.45) is 0. The largest absolute Gasteiger partial charge is 0.353 e. The lowest BCUT2D eigenvalue weighted by Crippen LogP contribution is -2.41. The molecule has 0 aromatic heterocycles. The second-order valence-electron chi connectivity index (χ2n) is 5.34. The SMILES string of the molecule is CN(C)C(CNC(=O)CN1CCSC1=O)c1ccccc1Cl.